The molecule has 1 amide bonds. The van der Waals surface area contributed by atoms with E-state index in [0.717, 1.165) is 33.0 Å². The maximum absolute atomic E-state index is 13.4. The summed E-state index contributed by atoms with van der Waals surface area (Å²) in [5.41, 5.74) is 3.27. The number of methoxy groups -OCH3 is 2. The first-order chi connectivity index (χ1) is 15.8. The quantitative estimate of drug-likeness (QED) is 0.474. The molecule has 2 rings (SSSR count). The molecule has 0 saturated heterocycles. The molecule has 9 heteroatoms. The summed E-state index contributed by atoms with van der Waals surface area (Å²) in [4.78, 5) is 13.4. The highest BCUT2D eigenvalue weighted by molar-refractivity contribution is 7.92. The largest absolute Gasteiger partial charge is 0.496 e. The standard InChI is InChI=1S/C25H35ClN2O5S/c1-9-22(28(34(8,30)31)18-10-11-23(32-6)21(26)13-18)25(29)27-17(5)20-14-19(15(2)3)24(33-7)12-16(20)4/h10-15,17,22H,9H2,1-8H3,(H,27,29)/t17-,22+/m1/s1. The van der Waals surface area contributed by atoms with Crippen LogP contribution in [0.1, 0.15) is 62.8 Å². The van der Waals surface area contributed by atoms with Crippen LogP contribution in [-0.4, -0.2) is 40.8 Å². The van der Waals surface area contributed by atoms with E-state index in [4.69, 9.17) is 21.1 Å². The van der Waals surface area contributed by atoms with Crippen LogP contribution >= 0.6 is 11.6 Å². The van der Waals surface area contributed by atoms with Crippen molar-refractivity contribution in [3.8, 4) is 11.5 Å². The van der Waals surface area contributed by atoms with E-state index >= 15 is 0 Å². The summed E-state index contributed by atoms with van der Waals surface area (Å²) >= 11 is 6.24. The minimum atomic E-state index is -3.79. The van der Waals surface area contributed by atoms with Gasteiger partial charge in [-0.15, -0.1) is 0 Å². The SMILES string of the molecule is CC[C@@H](C(=O)N[C@H](C)c1cc(C(C)C)c(OC)cc1C)N(c1ccc(OC)c(Cl)c1)S(C)(=O)=O. The van der Waals surface area contributed by atoms with Crippen molar-refractivity contribution in [3.05, 3.63) is 52.0 Å². The summed E-state index contributed by atoms with van der Waals surface area (Å²) in [5, 5.41) is 3.26. The Balaban J connectivity index is 2.42. The highest BCUT2D eigenvalue weighted by atomic mass is 35.5. The highest BCUT2D eigenvalue weighted by Gasteiger charge is 2.33. The van der Waals surface area contributed by atoms with Gasteiger partial charge in [0, 0.05) is 0 Å². The minimum absolute atomic E-state index is 0.237. The molecule has 0 unspecified atom stereocenters. The van der Waals surface area contributed by atoms with Gasteiger partial charge in [-0.2, -0.15) is 0 Å². The second kappa shape index (κ2) is 11.3. The molecular weight excluding hydrogens is 476 g/mol. The molecular formula is C25H35ClN2O5S. The van der Waals surface area contributed by atoms with E-state index in [1.807, 2.05) is 26.0 Å². The molecule has 0 spiro atoms. The van der Waals surface area contributed by atoms with Gasteiger partial charge in [-0.1, -0.05) is 32.4 Å². The molecule has 2 atom stereocenters. The summed E-state index contributed by atoms with van der Waals surface area (Å²) < 4.78 is 37.3. The number of rotatable bonds is 10. The van der Waals surface area contributed by atoms with Crippen molar-refractivity contribution in [1.82, 2.24) is 5.32 Å². The number of benzene rings is 2. The Labute approximate surface area is 208 Å². The summed E-state index contributed by atoms with van der Waals surface area (Å²) in [5.74, 6) is 1.07. The van der Waals surface area contributed by atoms with Gasteiger partial charge in [-0.05, 0) is 73.2 Å². The summed E-state index contributed by atoms with van der Waals surface area (Å²) in [6.07, 6.45) is 1.35. The van der Waals surface area contributed by atoms with Gasteiger partial charge in [-0.3, -0.25) is 9.10 Å². The number of hydrogen-bond acceptors (Lipinski definition) is 5. The van der Waals surface area contributed by atoms with E-state index < -0.39 is 22.0 Å². The van der Waals surface area contributed by atoms with E-state index in [2.05, 4.69) is 19.2 Å². The van der Waals surface area contributed by atoms with Gasteiger partial charge in [0.1, 0.15) is 17.5 Å². The molecule has 34 heavy (non-hydrogen) atoms. The van der Waals surface area contributed by atoms with Crippen LogP contribution in [0.5, 0.6) is 11.5 Å². The predicted octanol–water partition coefficient (Wildman–Crippen LogP) is 5.21. The molecule has 0 aliphatic heterocycles. The molecule has 0 saturated carbocycles. The van der Waals surface area contributed by atoms with Crippen LogP contribution in [0.3, 0.4) is 0 Å². The number of hydrogen-bond donors (Lipinski definition) is 1. The van der Waals surface area contributed by atoms with Crippen molar-refractivity contribution in [2.75, 3.05) is 24.8 Å². The second-order valence-electron chi connectivity index (χ2n) is 8.64. The van der Waals surface area contributed by atoms with Crippen molar-refractivity contribution in [1.29, 1.82) is 0 Å². The Hall–Kier alpha value is -2.45. The molecule has 0 heterocycles. The molecule has 0 bridgehead atoms. The molecule has 0 aromatic heterocycles. The third kappa shape index (κ3) is 6.16. The van der Waals surface area contributed by atoms with E-state index in [1.165, 1.54) is 13.2 Å². The van der Waals surface area contributed by atoms with Crippen LogP contribution in [-0.2, 0) is 14.8 Å². The zero-order valence-electron chi connectivity index (χ0n) is 21.1. The molecule has 188 valence electrons. The van der Waals surface area contributed by atoms with Crippen molar-refractivity contribution >= 4 is 33.2 Å². The van der Waals surface area contributed by atoms with Gasteiger partial charge >= 0.3 is 0 Å². The normalized spacial score (nSPS) is 13.4. The van der Waals surface area contributed by atoms with Crippen molar-refractivity contribution in [2.24, 2.45) is 0 Å². The fraction of sp³-hybridized carbons (Fsp3) is 0.480. The summed E-state index contributed by atoms with van der Waals surface area (Å²) in [6, 6.07) is 7.36. The number of ether oxygens (including phenoxy) is 2. The topological polar surface area (TPSA) is 84.9 Å². The van der Waals surface area contributed by atoms with E-state index in [0.29, 0.717) is 11.4 Å². The molecule has 0 radical (unpaired) electrons. The Morgan fingerprint density at radius 1 is 1.06 bits per heavy atom. The van der Waals surface area contributed by atoms with Crippen LogP contribution in [0.25, 0.3) is 0 Å². The molecule has 2 aromatic rings. The van der Waals surface area contributed by atoms with E-state index in [9.17, 15) is 13.2 Å². The lowest BCUT2D eigenvalue weighted by Crippen LogP contribution is -2.49. The molecule has 0 aliphatic rings. The van der Waals surface area contributed by atoms with Gasteiger partial charge in [0.25, 0.3) is 0 Å². The lowest BCUT2D eigenvalue weighted by atomic mass is 9.93. The smallest absolute Gasteiger partial charge is 0.244 e. The third-order valence-corrected chi connectivity index (χ3v) is 7.26. The van der Waals surface area contributed by atoms with Gasteiger partial charge in [0.05, 0.1) is 37.2 Å². The maximum atomic E-state index is 13.4. The Bertz CT molecular complexity index is 1130. The van der Waals surface area contributed by atoms with E-state index in [-0.39, 0.29) is 23.4 Å². The van der Waals surface area contributed by atoms with Gasteiger partial charge < -0.3 is 14.8 Å². The Morgan fingerprint density at radius 2 is 1.68 bits per heavy atom. The number of nitrogens with zero attached hydrogens (tertiary/aromatic N) is 1. The van der Waals surface area contributed by atoms with Crippen molar-refractivity contribution < 1.29 is 22.7 Å². The number of carbonyl (C=O) groups excluding carboxylic acids is 1. The van der Waals surface area contributed by atoms with Crippen LogP contribution in [0.4, 0.5) is 5.69 Å². The average Bonchev–Trinajstić information content (AvgIpc) is 2.75. The number of anilines is 1. The Kier molecular flexibility index (Phi) is 9.25. The number of aryl methyl sites for hydroxylation is 1. The number of carbonyl (C=O) groups is 1. The molecule has 0 fully saturated rings. The second-order valence-corrected chi connectivity index (χ2v) is 10.9. The van der Waals surface area contributed by atoms with Crippen LogP contribution in [0.15, 0.2) is 30.3 Å². The van der Waals surface area contributed by atoms with Crippen LogP contribution < -0.4 is 19.1 Å². The first-order valence-electron chi connectivity index (χ1n) is 11.2. The minimum Gasteiger partial charge on any atom is -0.496 e. The molecule has 1 N–H and O–H groups in total. The first-order valence-corrected chi connectivity index (χ1v) is 13.4. The van der Waals surface area contributed by atoms with Crippen LogP contribution in [0, 0.1) is 6.92 Å². The fourth-order valence-corrected chi connectivity index (χ4v) is 5.51. The third-order valence-electron chi connectivity index (χ3n) is 5.79. The van der Waals surface area contributed by atoms with Crippen molar-refractivity contribution in [3.63, 3.8) is 0 Å². The summed E-state index contributed by atoms with van der Waals surface area (Å²) in [6.45, 7) is 9.78. The highest BCUT2D eigenvalue weighted by Crippen LogP contribution is 2.34. The maximum Gasteiger partial charge on any atom is 0.244 e. The summed E-state index contributed by atoms with van der Waals surface area (Å²) in [7, 11) is -0.671. The zero-order valence-corrected chi connectivity index (χ0v) is 22.7. The Morgan fingerprint density at radius 3 is 2.15 bits per heavy atom. The lowest BCUT2D eigenvalue weighted by Gasteiger charge is -2.31. The van der Waals surface area contributed by atoms with E-state index in [1.54, 1.807) is 26.2 Å². The zero-order chi connectivity index (χ0) is 25.8. The van der Waals surface area contributed by atoms with Crippen LogP contribution in [0.2, 0.25) is 5.02 Å². The first kappa shape index (κ1) is 27.8. The predicted molar refractivity (Wildman–Crippen MR) is 138 cm³/mol. The molecule has 2 aromatic carbocycles. The lowest BCUT2D eigenvalue weighted by molar-refractivity contribution is -0.122. The fourth-order valence-electron chi connectivity index (χ4n) is 4.05. The number of nitrogens with one attached hydrogen (secondary N) is 1. The monoisotopic (exact) mass is 510 g/mol. The van der Waals surface area contributed by atoms with Crippen molar-refractivity contribution in [2.45, 2.75) is 59.0 Å². The molecule has 7 nitrogen and oxygen atoms in total. The number of sulfonamides is 1. The average molecular weight is 511 g/mol. The number of amides is 1. The number of halogens is 1. The van der Waals surface area contributed by atoms with Gasteiger partial charge in [0.2, 0.25) is 15.9 Å². The molecule has 0 aliphatic carbocycles. The van der Waals surface area contributed by atoms with Gasteiger partial charge in [0.15, 0.2) is 0 Å². The van der Waals surface area contributed by atoms with Gasteiger partial charge in [-0.25, -0.2) is 8.42 Å².